The van der Waals surface area contributed by atoms with Crippen molar-refractivity contribution in [2.24, 2.45) is 0 Å². The third kappa shape index (κ3) is 3.23. The van der Waals surface area contributed by atoms with E-state index in [1.165, 1.54) is 18.2 Å². The van der Waals surface area contributed by atoms with E-state index in [9.17, 15) is 13.6 Å². The highest BCUT2D eigenvalue weighted by Gasteiger charge is 2.19. The summed E-state index contributed by atoms with van der Waals surface area (Å²) in [5.74, 6) is -1.62. The number of likely N-dealkylation sites (N-methyl/N-ethyl adjacent to an activating group) is 1. The van der Waals surface area contributed by atoms with Gasteiger partial charge in [0.05, 0.1) is 12.1 Å². The number of benzene rings is 1. The zero-order valence-electron chi connectivity index (χ0n) is 10.1. The topological polar surface area (TPSA) is 41.1 Å². The van der Waals surface area contributed by atoms with Crippen LogP contribution < -0.4 is 10.6 Å². The smallest absolute Gasteiger partial charge is 0.237 e. The first-order chi connectivity index (χ1) is 7.97. The largest absolute Gasteiger partial charge is 0.348 e. The van der Waals surface area contributed by atoms with Crippen LogP contribution in [0.25, 0.3) is 0 Å². The van der Waals surface area contributed by atoms with Gasteiger partial charge in [0.2, 0.25) is 5.91 Å². The summed E-state index contributed by atoms with van der Waals surface area (Å²) in [4.78, 5) is 11.6. The van der Waals surface area contributed by atoms with E-state index in [1.807, 2.05) is 0 Å². The molecule has 94 valence electrons. The van der Waals surface area contributed by atoms with Crippen molar-refractivity contribution in [3.05, 3.63) is 35.4 Å². The van der Waals surface area contributed by atoms with Crippen LogP contribution in [-0.2, 0) is 4.79 Å². The Labute approximate surface area is 99.2 Å². The molecule has 2 atom stereocenters. The second-order valence-corrected chi connectivity index (χ2v) is 3.88. The summed E-state index contributed by atoms with van der Waals surface area (Å²) >= 11 is 0. The van der Waals surface area contributed by atoms with Crippen molar-refractivity contribution in [2.75, 3.05) is 7.05 Å². The average molecular weight is 242 g/mol. The number of carbonyl (C=O) groups is 1. The molecule has 0 saturated carbocycles. The van der Waals surface area contributed by atoms with E-state index in [2.05, 4.69) is 10.6 Å². The number of amides is 1. The van der Waals surface area contributed by atoms with Crippen LogP contribution in [0.3, 0.4) is 0 Å². The molecule has 0 spiro atoms. The van der Waals surface area contributed by atoms with Gasteiger partial charge in [0.1, 0.15) is 11.6 Å². The second-order valence-electron chi connectivity index (χ2n) is 3.88. The lowest BCUT2D eigenvalue weighted by Crippen LogP contribution is -2.41. The summed E-state index contributed by atoms with van der Waals surface area (Å²) < 4.78 is 26.9. The van der Waals surface area contributed by atoms with E-state index in [0.717, 1.165) is 0 Å². The standard InChI is InChI=1S/C12H16F2N2O/c1-7(16-12(17)8(2)15-3)11-9(13)5-4-6-10(11)14/h4-8,15H,1-3H3,(H,16,17). The SMILES string of the molecule is CNC(C)C(=O)NC(C)c1c(F)cccc1F. The van der Waals surface area contributed by atoms with Crippen molar-refractivity contribution in [3.63, 3.8) is 0 Å². The van der Waals surface area contributed by atoms with Gasteiger partial charge in [-0.3, -0.25) is 4.79 Å². The lowest BCUT2D eigenvalue weighted by molar-refractivity contribution is -0.123. The molecule has 0 radical (unpaired) electrons. The maximum Gasteiger partial charge on any atom is 0.237 e. The first-order valence-electron chi connectivity index (χ1n) is 5.39. The molecular formula is C12H16F2N2O. The van der Waals surface area contributed by atoms with Gasteiger partial charge in [0.25, 0.3) is 0 Å². The van der Waals surface area contributed by atoms with Crippen LogP contribution in [0.4, 0.5) is 8.78 Å². The Balaban J connectivity index is 2.83. The van der Waals surface area contributed by atoms with Crippen LogP contribution in [-0.4, -0.2) is 19.0 Å². The van der Waals surface area contributed by atoms with Crippen LogP contribution in [0.15, 0.2) is 18.2 Å². The lowest BCUT2D eigenvalue weighted by Gasteiger charge is -2.18. The van der Waals surface area contributed by atoms with E-state index in [0.29, 0.717) is 0 Å². The van der Waals surface area contributed by atoms with Gasteiger partial charge in [-0.25, -0.2) is 8.78 Å². The van der Waals surface area contributed by atoms with Crippen molar-refractivity contribution < 1.29 is 13.6 Å². The maximum absolute atomic E-state index is 13.4. The fourth-order valence-electron chi connectivity index (χ4n) is 1.47. The van der Waals surface area contributed by atoms with Crippen LogP contribution in [0.2, 0.25) is 0 Å². The highest BCUT2D eigenvalue weighted by Crippen LogP contribution is 2.20. The molecule has 0 aromatic heterocycles. The molecule has 0 fully saturated rings. The van der Waals surface area contributed by atoms with Crippen molar-refractivity contribution in [1.82, 2.24) is 10.6 Å². The molecule has 0 aliphatic heterocycles. The maximum atomic E-state index is 13.4. The van der Waals surface area contributed by atoms with Crippen molar-refractivity contribution in [1.29, 1.82) is 0 Å². The van der Waals surface area contributed by atoms with Gasteiger partial charge >= 0.3 is 0 Å². The molecule has 2 unspecified atom stereocenters. The number of nitrogens with one attached hydrogen (secondary N) is 2. The molecular weight excluding hydrogens is 226 g/mol. The first kappa shape index (κ1) is 13.6. The molecule has 5 heteroatoms. The summed E-state index contributed by atoms with van der Waals surface area (Å²) in [6.07, 6.45) is 0. The van der Waals surface area contributed by atoms with Gasteiger partial charge in [0.15, 0.2) is 0 Å². The monoisotopic (exact) mass is 242 g/mol. The number of hydrogen-bond donors (Lipinski definition) is 2. The molecule has 1 aromatic carbocycles. The van der Waals surface area contributed by atoms with Gasteiger partial charge in [-0.15, -0.1) is 0 Å². The van der Waals surface area contributed by atoms with Crippen molar-refractivity contribution in [3.8, 4) is 0 Å². The Hall–Kier alpha value is -1.49. The first-order valence-corrected chi connectivity index (χ1v) is 5.39. The van der Waals surface area contributed by atoms with E-state index >= 15 is 0 Å². The van der Waals surface area contributed by atoms with Gasteiger partial charge in [0, 0.05) is 5.56 Å². The highest BCUT2D eigenvalue weighted by atomic mass is 19.1. The van der Waals surface area contributed by atoms with Crippen molar-refractivity contribution >= 4 is 5.91 Å². The molecule has 17 heavy (non-hydrogen) atoms. The molecule has 1 amide bonds. The summed E-state index contributed by atoms with van der Waals surface area (Å²) in [5.41, 5.74) is -0.121. The van der Waals surface area contributed by atoms with E-state index in [1.54, 1.807) is 20.9 Å². The molecule has 2 N–H and O–H groups in total. The molecule has 0 saturated heterocycles. The fraction of sp³-hybridized carbons (Fsp3) is 0.417. The Morgan fingerprint density at radius 3 is 2.24 bits per heavy atom. The molecule has 3 nitrogen and oxygen atoms in total. The Kier molecular flexibility index (Phi) is 4.57. The van der Waals surface area contributed by atoms with Gasteiger partial charge < -0.3 is 10.6 Å². The zero-order chi connectivity index (χ0) is 13.0. The molecule has 0 aliphatic rings. The number of hydrogen-bond acceptors (Lipinski definition) is 2. The molecule has 0 aliphatic carbocycles. The summed E-state index contributed by atoms with van der Waals surface area (Å²) in [6, 6.07) is 2.51. The zero-order valence-corrected chi connectivity index (χ0v) is 10.1. The molecule has 0 bridgehead atoms. The highest BCUT2D eigenvalue weighted by molar-refractivity contribution is 5.81. The summed E-state index contributed by atoms with van der Waals surface area (Å²) in [6.45, 7) is 3.21. The van der Waals surface area contributed by atoms with Gasteiger partial charge in [-0.1, -0.05) is 6.07 Å². The third-order valence-corrected chi connectivity index (χ3v) is 2.62. The predicted octanol–water partition coefficient (Wildman–Crippen LogP) is 1.75. The van der Waals surface area contributed by atoms with Crippen molar-refractivity contribution in [2.45, 2.75) is 25.9 Å². The Morgan fingerprint density at radius 1 is 1.24 bits per heavy atom. The van der Waals surface area contributed by atoms with E-state index in [4.69, 9.17) is 0 Å². The minimum absolute atomic E-state index is 0.121. The van der Waals surface area contributed by atoms with Gasteiger partial charge in [-0.2, -0.15) is 0 Å². The minimum atomic E-state index is -0.709. The second kappa shape index (κ2) is 5.72. The number of carbonyl (C=O) groups excluding carboxylic acids is 1. The molecule has 0 heterocycles. The number of rotatable bonds is 4. The number of halogens is 2. The average Bonchev–Trinajstić information content (AvgIpc) is 2.27. The lowest BCUT2D eigenvalue weighted by atomic mass is 10.1. The third-order valence-electron chi connectivity index (χ3n) is 2.62. The Morgan fingerprint density at radius 2 is 1.76 bits per heavy atom. The van der Waals surface area contributed by atoms with E-state index < -0.39 is 23.7 Å². The van der Waals surface area contributed by atoms with Crippen LogP contribution in [0.5, 0.6) is 0 Å². The quantitative estimate of drug-likeness (QED) is 0.844. The summed E-state index contributed by atoms with van der Waals surface area (Å²) in [5, 5.41) is 5.30. The fourth-order valence-corrected chi connectivity index (χ4v) is 1.47. The molecule has 1 aromatic rings. The minimum Gasteiger partial charge on any atom is -0.348 e. The Bertz CT molecular complexity index is 389. The van der Waals surface area contributed by atoms with Crippen LogP contribution in [0.1, 0.15) is 25.5 Å². The molecule has 1 rings (SSSR count). The van der Waals surface area contributed by atoms with Crippen LogP contribution >= 0.6 is 0 Å². The van der Waals surface area contributed by atoms with E-state index in [-0.39, 0.29) is 11.5 Å². The normalized spacial score (nSPS) is 14.2. The predicted molar refractivity (Wildman–Crippen MR) is 61.4 cm³/mol. The van der Waals surface area contributed by atoms with Gasteiger partial charge in [-0.05, 0) is 33.0 Å². The summed E-state index contributed by atoms with van der Waals surface area (Å²) in [7, 11) is 1.64. The van der Waals surface area contributed by atoms with Crippen LogP contribution in [0, 0.1) is 11.6 Å².